The number of halogens is 1. The van der Waals surface area contributed by atoms with Crippen LogP contribution in [0.25, 0.3) is 0 Å². The first kappa shape index (κ1) is 15.8. The molecule has 1 fully saturated rings. The normalized spacial score (nSPS) is 20.4. The molecule has 0 aromatic heterocycles. The van der Waals surface area contributed by atoms with E-state index in [0.29, 0.717) is 5.56 Å². The fourth-order valence-corrected chi connectivity index (χ4v) is 5.50. The molecule has 3 nitrogen and oxygen atoms in total. The minimum Gasteiger partial charge on any atom is -0.207 e. The Labute approximate surface area is 142 Å². The van der Waals surface area contributed by atoms with E-state index >= 15 is 0 Å². The molecule has 1 saturated carbocycles. The van der Waals surface area contributed by atoms with Crippen molar-refractivity contribution in [3.63, 3.8) is 0 Å². The smallest absolute Gasteiger partial charge is 0.207 e. The van der Waals surface area contributed by atoms with Gasteiger partial charge in [0.2, 0.25) is 10.0 Å². The molecule has 2 aliphatic carbocycles. The molecule has 0 bridgehead atoms. The van der Waals surface area contributed by atoms with Crippen LogP contribution < -0.4 is 0 Å². The predicted molar refractivity (Wildman–Crippen MR) is 90.7 cm³/mol. The topological polar surface area (TPSA) is 37.4 Å². The van der Waals surface area contributed by atoms with Gasteiger partial charge in [-0.2, -0.15) is 4.31 Å². The van der Waals surface area contributed by atoms with E-state index in [4.69, 9.17) is 0 Å². The highest BCUT2D eigenvalue weighted by Gasteiger charge is 2.44. The number of benzene rings is 2. The molecule has 0 radical (unpaired) electrons. The predicted octanol–water partition coefficient (Wildman–Crippen LogP) is 3.97. The van der Waals surface area contributed by atoms with Crippen LogP contribution >= 0.6 is 0 Å². The Morgan fingerprint density at radius 1 is 1.08 bits per heavy atom. The first-order valence-electron chi connectivity index (χ1n) is 8.36. The maximum absolute atomic E-state index is 13.9. The van der Waals surface area contributed by atoms with Crippen molar-refractivity contribution in [2.24, 2.45) is 0 Å². The molecule has 0 heterocycles. The van der Waals surface area contributed by atoms with Crippen LogP contribution in [0.15, 0.2) is 47.4 Å². The Balaban J connectivity index is 1.77. The Kier molecular flexibility index (Phi) is 3.73. The summed E-state index contributed by atoms with van der Waals surface area (Å²) in [7, 11) is -3.71. The second-order valence-corrected chi connectivity index (χ2v) is 8.57. The molecule has 0 amide bonds. The summed E-state index contributed by atoms with van der Waals surface area (Å²) in [6.45, 7) is 1.64. The van der Waals surface area contributed by atoms with Crippen LogP contribution in [-0.2, 0) is 16.4 Å². The van der Waals surface area contributed by atoms with Crippen LogP contribution in [0.5, 0.6) is 0 Å². The van der Waals surface area contributed by atoms with Gasteiger partial charge in [-0.1, -0.05) is 30.3 Å². The summed E-state index contributed by atoms with van der Waals surface area (Å²) >= 11 is 0. The maximum Gasteiger partial charge on any atom is 0.243 e. The average Bonchev–Trinajstić information content (AvgIpc) is 3.30. The number of rotatable bonds is 4. The lowest BCUT2D eigenvalue weighted by atomic mass is 10.1. The standard InChI is InChI=1S/C19H20FNO2S/c1-13-6-10-16(12-18(13)20)24(22,23)21(15-8-9-15)19-11-7-14-4-2-3-5-17(14)19/h2-6,10,12,15,19H,7-9,11H2,1H3. The van der Waals surface area contributed by atoms with Crippen LogP contribution in [0.4, 0.5) is 4.39 Å². The van der Waals surface area contributed by atoms with Crippen molar-refractivity contribution in [2.75, 3.05) is 0 Å². The van der Waals surface area contributed by atoms with Crippen LogP contribution in [-0.4, -0.2) is 18.8 Å². The average molecular weight is 345 g/mol. The SMILES string of the molecule is Cc1ccc(S(=O)(=O)N(C2CC2)C2CCc3ccccc32)cc1F. The lowest BCUT2D eigenvalue weighted by molar-refractivity contribution is 0.314. The molecule has 24 heavy (non-hydrogen) atoms. The van der Waals surface area contributed by atoms with Gasteiger partial charge in [0, 0.05) is 6.04 Å². The third kappa shape index (κ3) is 2.56. The van der Waals surface area contributed by atoms with Gasteiger partial charge in [0.25, 0.3) is 0 Å². The third-order valence-corrected chi connectivity index (χ3v) is 6.99. The molecule has 0 spiro atoms. The summed E-state index contributed by atoms with van der Waals surface area (Å²) < 4.78 is 42.0. The second kappa shape index (κ2) is 5.67. The van der Waals surface area contributed by atoms with Crippen LogP contribution in [0.1, 0.15) is 42.0 Å². The van der Waals surface area contributed by atoms with E-state index in [-0.39, 0.29) is 17.0 Å². The number of hydrogen-bond acceptors (Lipinski definition) is 2. The first-order chi connectivity index (χ1) is 11.5. The maximum atomic E-state index is 13.9. The highest BCUT2D eigenvalue weighted by atomic mass is 32.2. The molecule has 1 unspecified atom stereocenters. The van der Waals surface area contributed by atoms with Crippen LogP contribution in [0.2, 0.25) is 0 Å². The molecule has 4 rings (SSSR count). The van der Waals surface area contributed by atoms with Gasteiger partial charge in [-0.3, -0.25) is 0 Å². The summed E-state index contributed by atoms with van der Waals surface area (Å²) in [5.41, 5.74) is 2.78. The number of nitrogens with zero attached hydrogens (tertiary/aromatic N) is 1. The number of aryl methyl sites for hydroxylation is 2. The van der Waals surface area contributed by atoms with Crippen molar-refractivity contribution in [3.8, 4) is 0 Å². The summed E-state index contributed by atoms with van der Waals surface area (Å²) in [6, 6.07) is 12.2. The summed E-state index contributed by atoms with van der Waals surface area (Å²) in [4.78, 5) is 0.0573. The molecule has 0 saturated heterocycles. The molecule has 2 aliphatic rings. The zero-order valence-corrected chi connectivity index (χ0v) is 14.4. The van der Waals surface area contributed by atoms with Crippen molar-refractivity contribution in [2.45, 2.75) is 49.6 Å². The van der Waals surface area contributed by atoms with E-state index in [1.165, 1.54) is 17.7 Å². The van der Waals surface area contributed by atoms with E-state index in [0.717, 1.165) is 37.3 Å². The highest BCUT2D eigenvalue weighted by molar-refractivity contribution is 7.89. The Morgan fingerprint density at radius 2 is 1.83 bits per heavy atom. The highest BCUT2D eigenvalue weighted by Crippen LogP contribution is 2.44. The first-order valence-corrected chi connectivity index (χ1v) is 9.80. The van der Waals surface area contributed by atoms with Gasteiger partial charge in [-0.15, -0.1) is 0 Å². The largest absolute Gasteiger partial charge is 0.243 e. The van der Waals surface area contributed by atoms with Crippen molar-refractivity contribution < 1.29 is 12.8 Å². The number of hydrogen-bond donors (Lipinski definition) is 0. The Bertz CT molecular complexity index is 890. The Morgan fingerprint density at radius 3 is 2.54 bits per heavy atom. The summed E-state index contributed by atoms with van der Waals surface area (Å²) in [5, 5.41) is 0. The fraction of sp³-hybridized carbons (Fsp3) is 0.368. The van der Waals surface area contributed by atoms with Gasteiger partial charge in [-0.25, -0.2) is 12.8 Å². The Hall–Kier alpha value is -1.72. The summed E-state index contributed by atoms with van der Waals surface area (Å²) in [6.07, 6.45) is 3.45. The van der Waals surface area contributed by atoms with Gasteiger partial charge >= 0.3 is 0 Å². The zero-order chi connectivity index (χ0) is 16.9. The monoisotopic (exact) mass is 345 g/mol. The zero-order valence-electron chi connectivity index (χ0n) is 13.6. The lowest BCUT2D eigenvalue weighted by Crippen LogP contribution is -2.36. The molecular weight excluding hydrogens is 325 g/mol. The van der Waals surface area contributed by atoms with E-state index in [9.17, 15) is 12.8 Å². The van der Waals surface area contributed by atoms with Crippen molar-refractivity contribution in [3.05, 3.63) is 65.0 Å². The van der Waals surface area contributed by atoms with Gasteiger partial charge < -0.3 is 0 Å². The van der Waals surface area contributed by atoms with E-state index in [1.807, 2.05) is 18.2 Å². The molecule has 0 N–H and O–H groups in total. The van der Waals surface area contributed by atoms with Crippen LogP contribution in [0.3, 0.4) is 0 Å². The molecule has 0 aliphatic heterocycles. The van der Waals surface area contributed by atoms with Crippen molar-refractivity contribution in [1.82, 2.24) is 4.31 Å². The fourth-order valence-electron chi connectivity index (χ4n) is 3.60. The van der Waals surface area contributed by atoms with Gasteiger partial charge in [-0.05, 0) is 61.4 Å². The van der Waals surface area contributed by atoms with Gasteiger partial charge in [0.05, 0.1) is 10.9 Å². The molecule has 5 heteroatoms. The van der Waals surface area contributed by atoms with E-state index in [1.54, 1.807) is 11.2 Å². The van der Waals surface area contributed by atoms with Crippen LogP contribution in [0, 0.1) is 12.7 Å². The molecule has 2 aromatic rings. The molecular formula is C19H20FNO2S. The van der Waals surface area contributed by atoms with E-state index in [2.05, 4.69) is 6.07 Å². The summed E-state index contributed by atoms with van der Waals surface area (Å²) in [5.74, 6) is -0.473. The lowest BCUT2D eigenvalue weighted by Gasteiger charge is -2.29. The quantitative estimate of drug-likeness (QED) is 0.841. The van der Waals surface area contributed by atoms with E-state index < -0.39 is 15.8 Å². The van der Waals surface area contributed by atoms with Crippen molar-refractivity contribution in [1.29, 1.82) is 0 Å². The number of fused-ring (bicyclic) bond motifs is 1. The van der Waals surface area contributed by atoms with Gasteiger partial charge in [0.15, 0.2) is 0 Å². The van der Waals surface area contributed by atoms with Crippen molar-refractivity contribution >= 4 is 10.0 Å². The molecule has 1 atom stereocenters. The number of sulfonamides is 1. The van der Waals surface area contributed by atoms with Gasteiger partial charge in [0.1, 0.15) is 5.82 Å². The molecule has 2 aromatic carbocycles. The third-order valence-electron chi connectivity index (χ3n) is 5.03. The second-order valence-electron chi connectivity index (χ2n) is 6.73. The minimum atomic E-state index is -3.71. The minimum absolute atomic E-state index is 0.0375. The molecule has 126 valence electrons.